The number of amides is 1. The zero-order chi connectivity index (χ0) is 12.7. The van der Waals surface area contributed by atoms with Crippen LogP contribution in [0.4, 0.5) is 0 Å². The number of aliphatic hydroxyl groups is 1. The van der Waals surface area contributed by atoms with Gasteiger partial charge in [0.25, 0.3) is 5.91 Å². The zero-order valence-corrected chi connectivity index (χ0v) is 10.3. The maximum absolute atomic E-state index is 11.4. The first-order valence-corrected chi connectivity index (χ1v) is 5.81. The second-order valence-electron chi connectivity index (χ2n) is 3.77. The smallest absolute Gasteiger partial charge is 0.260 e. The lowest BCUT2D eigenvalue weighted by atomic mass is 10.1. The molecular weight excluding hydrogens is 218 g/mol. The highest BCUT2D eigenvalue weighted by molar-refractivity contribution is 5.80. The Kier molecular flexibility index (Phi) is 5.49. The van der Waals surface area contributed by atoms with Crippen LogP contribution >= 0.6 is 0 Å². The molecule has 94 valence electrons. The fourth-order valence-electron chi connectivity index (χ4n) is 1.44. The van der Waals surface area contributed by atoms with Crippen molar-refractivity contribution in [3.63, 3.8) is 0 Å². The van der Waals surface area contributed by atoms with Crippen LogP contribution in [0.1, 0.15) is 19.4 Å². The summed E-state index contributed by atoms with van der Waals surface area (Å²) >= 11 is 0. The molecule has 17 heavy (non-hydrogen) atoms. The van der Waals surface area contributed by atoms with E-state index in [0.717, 1.165) is 5.56 Å². The Balaban J connectivity index is 2.53. The summed E-state index contributed by atoms with van der Waals surface area (Å²) in [5, 5.41) is 11.5. The molecule has 1 aromatic rings. The van der Waals surface area contributed by atoms with Gasteiger partial charge in [-0.15, -0.1) is 0 Å². The Morgan fingerprint density at radius 3 is 2.59 bits per heavy atom. The first kappa shape index (κ1) is 13.5. The fourth-order valence-corrected chi connectivity index (χ4v) is 1.44. The summed E-state index contributed by atoms with van der Waals surface area (Å²) in [4.78, 5) is 11.4. The molecule has 0 bridgehead atoms. The van der Waals surface area contributed by atoms with Crippen LogP contribution in [0, 0.1) is 0 Å². The number of aliphatic hydroxyl groups excluding tert-OH is 1. The van der Waals surface area contributed by atoms with Crippen molar-refractivity contribution in [2.45, 2.75) is 26.4 Å². The molecule has 0 spiro atoms. The summed E-state index contributed by atoms with van der Waals surface area (Å²) in [7, 11) is 0. The Morgan fingerprint density at radius 2 is 2.06 bits per heavy atom. The second kappa shape index (κ2) is 6.91. The molecule has 4 nitrogen and oxygen atoms in total. The van der Waals surface area contributed by atoms with Gasteiger partial charge in [0, 0.05) is 13.2 Å². The third-order valence-electron chi connectivity index (χ3n) is 2.36. The summed E-state index contributed by atoms with van der Waals surface area (Å²) in [5.41, 5.74) is 1.05. The van der Waals surface area contributed by atoms with Gasteiger partial charge in [-0.3, -0.25) is 4.79 Å². The van der Waals surface area contributed by atoms with Crippen LogP contribution in [-0.4, -0.2) is 30.3 Å². The van der Waals surface area contributed by atoms with Crippen LogP contribution in [0.3, 0.4) is 0 Å². The minimum atomic E-state index is -0.501. The monoisotopic (exact) mass is 237 g/mol. The van der Waals surface area contributed by atoms with Gasteiger partial charge >= 0.3 is 0 Å². The molecule has 0 heterocycles. The van der Waals surface area contributed by atoms with Crippen molar-refractivity contribution in [1.29, 1.82) is 0 Å². The van der Waals surface area contributed by atoms with E-state index in [0.29, 0.717) is 18.7 Å². The lowest BCUT2D eigenvalue weighted by molar-refractivity contribution is -0.127. The topological polar surface area (TPSA) is 58.6 Å². The van der Waals surface area contributed by atoms with E-state index in [2.05, 4.69) is 5.32 Å². The van der Waals surface area contributed by atoms with Crippen LogP contribution in [0.2, 0.25) is 0 Å². The van der Waals surface area contributed by atoms with Crippen molar-refractivity contribution >= 4 is 5.91 Å². The lowest BCUT2D eigenvalue weighted by Crippen LogP contribution is -2.36. The number of rotatable bonds is 6. The molecule has 4 heteroatoms. The maximum Gasteiger partial charge on any atom is 0.260 e. The Hall–Kier alpha value is -1.55. The van der Waals surface area contributed by atoms with Crippen LogP contribution < -0.4 is 10.1 Å². The van der Waals surface area contributed by atoms with Crippen LogP contribution in [0.5, 0.6) is 5.75 Å². The predicted octanol–water partition coefficient (Wildman–Crippen LogP) is 1.12. The summed E-state index contributed by atoms with van der Waals surface area (Å²) in [6, 6.07) is 7.38. The average Bonchev–Trinajstić information content (AvgIpc) is 2.32. The summed E-state index contributed by atoms with van der Waals surface area (Å²) in [5.74, 6) is 0.539. The van der Waals surface area contributed by atoms with Crippen molar-refractivity contribution in [3.8, 4) is 5.75 Å². The largest absolute Gasteiger partial charge is 0.481 e. The zero-order valence-electron chi connectivity index (χ0n) is 10.3. The first-order valence-electron chi connectivity index (χ1n) is 5.81. The van der Waals surface area contributed by atoms with Crippen LogP contribution in [0.15, 0.2) is 24.3 Å². The summed E-state index contributed by atoms with van der Waals surface area (Å²) < 4.78 is 5.49. The molecule has 1 atom stereocenters. The van der Waals surface area contributed by atoms with E-state index in [1.807, 2.05) is 19.1 Å². The molecular formula is C13H19NO3. The highest BCUT2D eigenvalue weighted by Crippen LogP contribution is 2.14. The molecule has 1 aromatic carbocycles. The summed E-state index contributed by atoms with van der Waals surface area (Å²) in [6.07, 6.45) is 0.130. The average molecular weight is 237 g/mol. The molecule has 0 aliphatic carbocycles. The molecule has 0 saturated carbocycles. The van der Waals surface area contributed by atoms with Crippen molar-refractivity contribution in [2.24, 2.45) is 0 Å². The Bertz CT molecular complexity index is 348. The van der Waals surface area contributed by atoms with Gasteiger partial charge in [-0.2, -0.15) is 0 Å². The van der Waals surface area contributed by atoms with E-state index in [1.165, 1.54) is 0 Å². The molecule has 1 amide bonds. The SMILES string of the molecule is CCNC(=O)C(C)Oc1ccc(CCO)cc1. The fraction of sp³-hybridized carbons (Fsp3) is 0.462. The predicted molar refractivity (Wildman–Crippen MR) is 66.0 cm³/mol. The van der Waals surface area contributed by atoms with Gasteiger partial charge in [0.05, 0.1) is 0 Å². The van der Waals surface area contributed by atoms with Crippen molar-refractivity contribution < 1.29 is 14.6 Å². The Morgan fingerprint density at radius 1 is 1.41 bits per heavy atom. The quantitative estimate of drug-likeness (QED) is 0.779. The minimum Gasteiger partial charge on any atom is -0.481 e. The molecule has 0 fully saturated rings. The van der Waals surface area contributed by atoms with Gasteiger partial charge in [-0.05, 0) is 38.0 Å². The number of likely N-dealkylation sites (N-methyl/N-ethyl adjacent to an activating group) is 1. The van der Waals surface area contributed by atoms with E-state index in [-0.39, 0.29) is 12.5 Å². The van der Waals surface area contributed by atoms with E-state index < -0.39 is 6.10 Å². The lowest BCUT2D eigenvalue weighted by Gasteiger charge is -2.14. The molecule has 0 radical (unpaired) electrons. The van der Waals surface area contributed by atoms with Crippen molar-refractivity contribution in [1.82, 2.24) is 5.32 Å². The normalized spacial score (nSPS) is 11.9. The second-order valence-corrected chi connectivity index (χ2v) is 3.77. The third kappa shape index (κ3) is 4.44. The highest BCUT2D eigenvalue weighted by atomic mass is 16.5. The number of hydrogen-bond donors (Lipinski definition) is 2. The summed E-state index contributed by atoms with van der Waals surface area (Å²) in [6.45, 7) is 4.32. The number of nitrogens with one attached hydrogen (secondary N) is 1. The number of ether oxygens (including phenoxy) is 1. The number of benzene rings is 1. The standard InChI is InChI=1S/C13H19NO3/c1-3-14-13(16)10(2)17-12-6-4-11(5-7-12)8-9-15/h4-7,10,15H,3,8-9H2,1-2H3,(H,14,16). The molecule has 2 N–H and O–H groups in total. The van der Waals surface area contributed by atoms with Gasteiger partial charge in [-0.1, -0.05) is 12.1 Å². The minimum absolute atomic E-state index is 0.119. The number of carbonyl (C=O) groups excluding carboxylic acids is 1. The maximum atomic E-state index is 11.4. The van der Waals surface area contributed by atoms with E-state index in [1.54, 1.807) is 19.1 Å². The molecule has 1 rings (SSSR count). The van der Waals surface area contributed by atoms with Gasteiger partial charge in [0.1, 0.15) is 5.75 Å². The number of carbonyl (C=O) groups is 1. The Labute approximate surface area is 102 Å². The molecule has 1 unspecified atom stereocenters. The van der Waals surface area contributed by atoms with E-state index in [4.69, 9.17) is 9.84 Å². The van der Waals surface area contributed by atoms with Crippen LogP contribution in [-0.2, 0) is 11.2 Å². The van der Waals surface area contributed by atoms with E-state index >= 15 is 0 Å². The van der Waals surface area contributed by atoms with Crippen LogP contribution in [0.25, 0.3) is 0 Å². The van der Waals surface area contributed by atoms with Gasteiger partial charge in [0.15, 0.2) is 6.10 Å². The molecule has 0 saturated heterocycles. The first-order chi connectivity index (χ1) is 8.17. The third-order valence-corrected chi connectivity index (χ3v) is 2.36. The molecule has 0 aromatic heterocycles. The number of hydrogen-bond acceptors (Lipinski definition) is 3. The highest BCUT2D eigenvalue weighted by Gasteiger charge is 2.12. The van der Waals surface area contributed by atoms with Crippen molar-refractivity contribution in [3.05, 3.63) is 29.8 Å². The van der Waals surface area contributed by atoms with Gasteiger partial charge in [0.2, 0.25) is 0 Å². The van der Waals surface area contributed by atoms with E-state index in [9.17, 15) is 4.79 Å². The van der Waals surface area contributed by atoms with Gasteiger partial charge < -0.3 is 15.2 Å². The van der Waals surface area contributed by atoms with Crippen molar-refractivity contribution in [2.75, 3.05) is 13.2 Å². The van der Waals surface area contributed by atoms with Gasteiger partial charge in [-0.25, -0.2) is 0 Å². The molecule has 0 aliphatic rings. The molecule has 0 aliphatic heterocycles.